The molecular formula is C20H34O3. The van der Waals surface area contributed by atoms with Crippen LogP contribution in [-0.2, 0) is 0 Å². The van der Waals surface area contributed by atoms with Gasteiger partial charge in [-0.3, -0.25) is 0 Å². The predicted molar refractivity (Wildman–Crippen MR) is 89.7 cm³/mol. The summed E-state index contributed by atoms with van der Waals surface area (Å²) < 4.78 is 0. The van der Waals surface area contributed by atoms with E-state index in [0.717, 1.165) is 37.5 Å². The molecule has 4 aliphatic rings. The van der Waals surface area contributed by atoms with Gasteiger partial charge < -0.3 is 15.3 Å². The summed E-state index contributed by atoms with van der Waals surface area (Å²) in [7, 11) is 0. The molecule has 4 rings (SSSR count). The molecule has 132 valence electrons. The van der Waals surface area contributed by atoms with Gasteiger partial charge in [-0.2, -0.15) is 0 Å². The van der Waals surface area contributed by atoms with E-state index >= 15 is 0 Å². The average molecular weight is 322 g/mol. The molecule has 3 N–H and O–H groups in total. The Morgan fingerprint density at radius 1 is 0.870 bits per heavy atom. The van der Waals surface area contributed by atoms with Gasteiger partial charge in [0.1, 0.15) is 0 Å². The van der Waals surface area contributed by atoms with Crippen LogP contribution in [0.2, 0.25) is 0 Å². The summed E-state index contributed by atoms with van der Waals surface area (Å²) in [6.07, 6.45) is 8.63. The van der Waals surface area contributed by atoms with E-state index in [1.165, 1.54) is 25.7 Å². The maximum atomic E-state index is 10.8. The van der Waals surface area contributed by atoms with Gasteiger partial charge >= 0.3 is 0 Å². The van der Waals surface area contributed by atoms with E-state index in [2.05, 4.69) is 13.8 Å². The molecule has 23 heavy (non-hydrogen) atoms. The van der Waals surface area contributed by atoms with Crippen LogP contribution in [0.4, 0.5) is 0 Å². The Balaban J connectivity index is 1.62. The van der Waals surface area contributed by atoms with Crippen LogP contribution in [-0.4, -0.2) is 34.1 Å². The van der Waals surface area contributed by atoms with Crippen LogP contribution in [0.15, 0.2) is 0 Å². The molecule has 0 heterocycles. The molecule has 0 spiro atoms. The van der Waals surface area contributed by atoms with Gasteiger partial charge in [0.25, 0.3) is 0 Å². The van der Waals surface area contributed by atoms with Gasteiger partial charge in [-0.25, -0.2) is 0 Å². The van der Waals surface area contributed by atoms with Crippen molar-refractivity contribution >= 4 is 0 Å². The minimum Gasteiger partial charge on any atom is -0.396 e. The molecule has 4 fully saturated rings. The van der Waals surface area contributed by atoms with E-state index in [1.807, 2.05) is 0 Å². The lowest BCUT2D eigenvalue weighted by Crippen LogP contribution is -2.54. The van der Waals surface area contributed by atoms with Crippen molar-refractivity contribution in [2.24, 2.45) is 40.4 Å². The Bertz CT molecular complexity index is 466. The number of aliphatic hydroxyl groups excluding tert-OH is 3. The molecule has 0 aliphatic heterocycles. The largest absolute Gasteiger partial charge is 0.396 e. The molecule has 0 radical (unpaired) electrons. The van der Waals surface area contributed by atoms with Gasteiger partial charge in [-0.15, -0.1) is 0 Å². The summed E-state index contributed by atoms with van der Waals surface area (Å²) in [5.41, 5.74) is 0.414. The molecular weight excluding hydrogens is 288 g/mol. The highest BCUT2D eigenvalue weighted by Crippen LogP contribution is 2.66. The van der Waals surface area contributed by atoms with Crippen LogP contribution >= 0.6 is 0 Å². The number of aliphatic hydroxyl groups is 3. The summed E-state index contributed by atoms with van der Waals surface area (Å²) in [6.45, 7) is 4.92. The summed E-state index contributed by atoms with van der Waals surface area (Å²) in [4.78, 5) is 0. The molecule has 9 atom stereocenters. The Labute approximate surface area is 140 Å². The van der Waals surface area contributed by atoms with Crippen molar-refractivity contribution in [2.45, 2.75) is 77.4 Å². The van der Waals surface area contributed by atoms with Crippen LogP contribution in [0, 0.1) is 40.4 Å². The quantitative estimate of drug-likeness (QED) is 0.695. The van der Waals surface area contributed by atoms with Gasteiger partial charge in [-0.1, -0.05) is 13.8 Å². The zero-order valence-corrected chi connectivity index (χ0v) is 14.7. The maximum absolute atomic E-state index is 10.8. The summed E-state index contributed by atoms with van der Waals surface area (Å²) in [6, 6.07) is 0. The zero-order chi connectivity index (χ0) is 16.4. The summed E-state index contributed by atoms with van der Waals surface area (Å²) in [5, 5.41) is 30.5. The van der Waals surface area contributed by atoms with E-state index in [4.69, 9.17) is 0 Å². The van der Waals surface area contributed by atoms with Crippen molar-refractivity contribution in [2.75, 3.05) is 6.61 Å². The Morgan fingerprint density at radius 3 is 2.35 bits per heavy atom. The smallest absolute Gasteiger partial charge is 0.0646 e. The van der Waals surface area contributed by atoms with E-state index < -0.39 is 0 Å². The molecule has 0 aromatic rings. The van der Waals surface area contributed by atoms with Crippen molar-refractivity contribution in [1.82, 2.24) is 0 Å². The predicted octanol–water partition coefficient (Wildman–Crippen LogP) is 2.97. The third-order valence-corrected chi connectivity index (χ3v) is 8.99. The van der Waals surface area contributed by atoms with Crippen molar-refractivity contribution in [1.29, 1.82) is 0 Å². The lowest BCUT2D eigenvalue weighted by atomic mass is 9.45. The van der Waals surface area contributed by atoms with Crippen molar-refractivity contribution in [3.8, 4) is 0 Å². The summed E-state index contributed by atoms with van der Waals surface area (Å²) >= 11 is 0. The van der Waals surface area contributed by atoms with E-state index in [9.17, 15) is 15.3 Å². The minimum absolute atomic E-state index is 0.0198. The molecule has 3 heteroatoms. The SMILES string of the molecule is C[C@]12CC[C@H](O)C[C@@H]1CC[C@@H]1[C@@H]2CC[C@]2(C)[C@H](O)[C@H](CO)C[C@@H]12. The molecule has 4 saturated carbocycles. The van der Waals surface area contributed by atoms with E-state index in [0.29, 0.717) is 17.3 Å². The minimum atomic E-state index is -0.322. The fourth-order valence-electron chi connectivity index (χ4n) is 7.56. The molecule has 0 saturated heterocycles. The third-order valence-electron chi connectivity index (χ3n) is 8.99. The molecule has 0 amide bonds. The van der Waals surface area contributed by atoms with Crippen LogP contribution in [0.5, 0.6) is 0 Å². The highest BCUT2D eigenvalue weighted by Gasteiger charge is 2.61. The second kappa shape index (κ2) is 5.44. The molecule has 0 unspecified atom stereocenters. The van der Waals surface area contributed by atoms with Crippen molar-refractivity contribution in [3.05, 3.63) is 0 Å². The van der Waals surface area contributed by atoms with E-state index in [1.54, 1.807) is 0 Å². The first kappa shape index (κ1) is 16.4. The van der Waals surface area contributed by atoms with Gasteiger partial charge in [0, 0.05) is 12.5 Å². The molecule has 4 aliphatic carbocycles. The monoisotopic (exact) mass is 322 g/mol. The average Bonchev–Trinajstić information content (AvgIpc) is 2.79. The standard InChI is InChI=1S/C20H34O3/c1-19-7-5-14(22)10-13(19)3-4-15-16(19)6-8-20(2)17(15)9-12(11-21)18(20)23/h12-18,21-23H,3-11H2,1-2H3/t12-,13-,14-,15+,16-,17-,18+,19-,20-/m0/s1. The van der Waals surface area contributed by atoms with Crippen LogP contribution in [0.1, 0.15) is 65.2 Å². The number of hydrogen-bond acceptors (Lipinski definition) is 3. The van der Waals surface area contributed by atoms with Gasteiger partial charge in [0.15, 0.2) is 0 Å². The highest BCUT2D eigenvalue weighted by atomic mass is 16.3. The zero-order valence-electron chi connectivity index (χ0n) is 14.7. The second-order valence-electron chi connectivity index (χ2n) is 9.75. The Morgan fingerprint density at radius 2 is 1.61 bits per heavy atom. The lowest BCUT2D eigenvalue weighted by molar-refractivity contribution is -0.134. The molecule has 0 aromatic heterocycles. The van der Waals surface area contributed by atoms with E-state index in [-0.39, 0.29) is 30.1 Å². The normalized spacial score (nSPS) is 59.1. The molecule has 0 bridgehead atoms. The molecule has 0 aromatic carbocycles. The highest BCUT2D eigenvalue weighted by molar-refractivity contribution is 5.11. The van der Waals surface area contributed by atoms with Crippen LogP contribution in [0.3, 0.4) is 0 Å². The first-order valence-electron chi connectivity index (χ1n) is 9.87. The lowest BCUT2D eigenvalue weighted by Gasteiger charge is -2.60. The Hall–Kier alpha value is -0.120. The second-order valence-corrected chi connectivity index (χ2v) is 9.75. The summed E-state index contributed by atoms with van der Waals surface area (Å²) in [5.74, 6) is 2.84. The number of hydrogen-bond donors (Lipinski definition) is 3. The van der Waals surface area contributed by atoms with Crippen molar-refractivity contribution < 1.29 is 15.3 Å². The number of fused-ring (bicyclic) bond motifs is 5. The van der Waals surface area contributed by atoms with Crippen LogP contribution < -0.4 is 0 Å². The maximum Gasteiger partial charge on any atom is 0.0646 e. The first-order chi connectivity index (χ1) is 10.9. The topological polar surface area (TPSA) is 60.7 Å². The molecule has 3 nitrogen and oxygen atoms in total. The van der Waals surface area contributed by atoms with Gasteiger partial charge in [0.05, 0.1) is 12.2 Å². The third kappa shape index (κ3) is 2.19. The number of rotatable bonds is 1. The van der Waals surface area contributed by atoms with Crippen LogP contribution in [0.25, 0.3) is 0 Å². The van der Waals surface area contributed by atoms with Gasteiger partial charge in [0.2, 0.25) is 0 Å². The first-order valence-corrected chi connectivity index (χ1v) is 9.87. The van der Waals surface area contributed by atoms with Crippen molar-refractivity contribution in [3.63, 3.8) is 0 Å². The fourth-order valence-corrected chi connectivity index (χ4v) is 7.56. The fraction of sp³-hybridized carbons (Fsp3) is 1.00. The van der Waals surface area contributed by atoms with Gasteiger partial charge in [-0.05, 0) is 85.9 Å². The Kier molecular flexibility index (Phi) is 3.87.